The minimum Gasteiger partial charge on any atom is -0.544 e. The highest BCUT2D eigenvalue weighted by molar-refractivity contribution is 6.74. The summed E-state index contributed by atoms with van der Waals surface area (Å²) < 4.78 is 11.2. The molecule has 1 heterocycles. The molecule has 0 aromatic rings. The second-order valence-corrected chi connectivity index (χ2v) is 12.2. The van der Waals surface area contributed by atoms with Gasteiger partial charge in [0.1, 0.15) is 6.61 Å². The monoisotopic (exact) mass is 311 g/mol. The Hall–Kier alpha value is -1.23. The number of ether oxygens (including phenoxy) is 1. The highest BCUT2D eigenvalue weighted by Crippen LogP contribution is 2.37. The molecule has 0 saturated carbocycles. The maximum Gasteiger partial charge on any atom is 0.414 e. The first-order valence-electron chi connectivity index (χ1n) is 7.47. The molecule has 0 unspecified atom stereocenters. The molecule has 1 atom stereocenters. The van der Waals surface area contributed by atoms with Crippen molar-refractivity contribution in [2.45, 2.75) is 58.8 Å². The average Bonchev–Trinajstić information content (AvgIpc) is 2.66. The van der Waals surface area contributed by atoms with Gasteiger partial charge in [-0.15, -0.1) is 0 Å². The third-order valence-electron chi connectivity index (χ3n) is 4.33. The Morgan fingerprint density at radius 3 is 2.52 bits per heavy atom. The lowest BCUT2D eigenvalue weighted by Crippen LogP contribution is -2.40. The molecule has 0 aliphatic carbocycles. The SMILES string of the molecule is C=C(/C=C/N1C(=O)OC[C@H]1C(C)C)O[Si](C)(C)C(C)(C)C. The van der Waals surface area contributed by atoms with Crippen LogP contribution in [-0.4, -0.2) is 32.0 Å². The smallest absolute Gasteiger partial charge is 0.414 e. The van der Waals surface area contributed by atoms with Crippen LogP contribution in [0.5, 0.6) is 0 Å². The predicted octanol–water partition coefficient (Wildman–Crippen LogP) is 4.51. The minimum absolute atomic E-state index is 0.0782. The van der Waals surface area contributed by atoms with Crippen molar-refractivity contribution in [3.8, 4) is 0 Å². The largest absolute Gasteiger partial charge is 0.544 e. The fraction of sp³-hybridized carbons (Fsp3) is 0.688. The van der Waals surface area contributed by atoms with Crippen LogP contribution in [0.2, 0.25) is 18.1 Å². The minimum atomic E-state index is -1.89. The maximum absolute atomic E-state index is 11.7. The fourth-order valence-electron chi connectivity index (χ4n) is 1.81. The molecule has 1 aliphatic rings. The summed E-state index contributed by atoms with van der Waals surface area (Å²) in [5.41, 5.74) is 0. The van der Waals surface area contributed by atoms with Crippen molar-refractivity contribution < 1.29 is 14.0 Å². The number of hydrogen-bond acceptors (Lipinski definition) is 3. The van der Waals surface area contributed by atoms with E-state index in [2.05, 4.69) is 54.3 Å². The molecule has 0 spiro atoms. The molecule has 1 amide bonds. The Kier molecular flexibility index (Phi) is 5.31. The van der Waals surface area contributed by atoms with Gasteiger partial charge in [-0.25, -0.2) is 4.79 Å². The Bertz CT molecular complexity index is 435. The summed E-state index contributed by atoms with van der Waals surface area (Å²) in [5.74, 6) is 0.944. The van der Waals surface area contributed by atoms with Gasteiger partial charge in [0, 0.05) is 6.20 Å². The van der Waals surface area contributed by atoms with Crippen molar-refractivity contribution in [2.24, 2.45) is 5.92 Å². The summed E-state index contributed by atoms with van der Waals surface area (Å²) in [7, 11) is -1.89. The molecule has 120 valence electrons. The van der Waals surface area contributed by atoms with Gasteiger partial charge >= 0.3 is 6.09 Å². The van der Waals surface area contributed by atoms with Crippen LogP contribution in [0.4, 0.5) is 4.79 Å². The normalized spacial score (nSPS) is 20.3. The Morgan fingerprint density at radius 1 is 1.48 bits per heavy atom. The molecule has 1 rings (SSSR count). The molecular weight excluding hydrogens is 282 g/mol. The molecule has 1 fully saturated rings. The summed E-state index contributed by atoms with van der Waals surface area (Å²) in [6.45, 7) is 19.5. The van der Waals surface area contributed by atoms with Crippen LogP contribution < -0.4 is 0 Å². The standard InChI is InChI=1S/C16H29NO3Si/c1-12(2)14-11-19-15(18)17(14)10-9-13(3)20-21(7,8)16(4,5)6/h9-10,12,14H,3,11H2,1-2,4-8H3/b10-9+/t14-/m0/s1. The van der Waals surface area contributed by atoms with Crippen molar-refractivity contribution >= 4 is 14.4 Å². The van der Waals surface area contributed by atoms with E-state index in [9.17, 15) is 4.79 Å². The van der Waals surface area contributed by atoms with Crippen LogP contribution in [0.1, 0.15) is 34.6 Å². The van der Waals surface area contributed by atoms with Gasteiger partial charge in [-0.2, -0.15) is 0 Å². The van der Waals surface area contributed by atoms with E-state index in [-0.39, 0.29) is 17.2 Å². The third-order valence-corrected chi connectivity index (χ3v) is 8.71. The number of rotatable bonds is 5. The number of hydrogen-bond donors (Lipinski definition) is 0. The van der Waals surface area contributed by atoms with Crippen LogP contribution in [0.3, 0.4) is 0 Å². The summed E-state index contributed by atoms with van der Waals surface area (Å²) in [6.07, 6.45) is 3.20. The van der Waals surface area contributed by atoms with E-state index < -0.39 is 8.32 Å². The topological polar surface area (TPSA) is 38.8 Å². The first-order chi connectivity index (χ1) is 9.45. The third kappa shape index (κ3) is 4.36. The Balaban J connectivity index is 2.72. The zero-order valence-electron chi connectivity index (χ0n) is 14.4. The van der Waals surface area contributed by atoms with E-state index >= 15 is 0 Å². The van der Waals surface area contributed by atoms with E-state index in [4.69, 9.17) is 9.16 Å². The van der Waals surface area contributed by atoms with Crippen LogP contribution in [0.25, 0.3) is 0 Å². The molecule has 0 aromatic carbocycles. The molecule has 21 heavy (non-hydrogen) atoms. The number of cyclic esters (lactones) is 1. The van der Waals surface area contributed by atoms with Crippen LogP contribution in [0, 0.1) is 5.92 Å². The van der Waals surface area contributed by atoms with Gasteiger partial charge < -0.3 is 9.16 Å². The van der Waals surface area contributed by atoms with Crippen molar-refractivity contribution in [2.75, 3.05) is 6.61 Å². The number of carbonyl (C=O) groups is 1. The summed E-state index contributed by atoms with van der Waals surface area (Å²) in [5, 5.41) is 0.122. The van der Waals surface area contributed by atoms with Gasteiger partial charge in [0.25, 0.3) is 0 Å². The summed E-state index contributed by atoms with van der Waals surface area (Å²) >= 11 is 0. The van der Waals surface area contributed by atoms with Gasteiger partial charge in [-0.05, 0) is 30.1 Å². The molecule has 1 aliphatic heterocycles. The molecule has 4 nitrogen and oxygen atoms in total. The molecule has 0 N–H and O–H groups in total. The van der Waals surface area contributed by atoms with Gasteiger partial charge in [-0.1, -0.05) is 41.2 Å². The van der Waals surface area contributed by atoms with E-state index in [1.165, 1.54) is 0 Å². The number of nitrogens with zero attached hydrogens (tertiary/aromatic N) is 1. The molecule has 5 heteroatoms. The zero-order chi connectivity index (χ0) is 16.4. The second kappa shape index (κ2) is 6.26. The number of amides is 1. The Labute approximate surface area is 129 Å². The van der Waals surface area contributed by atoms with Crippen LogP contribution >= 0.6 is 0 Å². The summed E-state index contributed by atoms with van der Waals surface area (Å²) in [6, 6.07) is 0.0782. The lowest BCUT2D eigenvalue weighted by molar-refractivity contribution is 0.166. The quantitative estimate of drug-likeness (QED) is 0.426. The average molecular weight is 311 g/mol. The van der Waals surface area contributed by atoms with Gasteiger partial charge in [0.05, 0.1) is 11.8 Å². The molecular formula is C16H29NO3Si. The lowest BCUT2D eigenvalue weighted by Gasteiger charge is -2.36. The Morgan fingerprint density at radius 2 is 2.05 bits per heavy atom. The maximum atomic E-state index is 11.7. The number of allylic oxidation sites excluding steroid dienone is 1. The van der Waals surface area contributed by atoms with Crippen molar-refractivity contribution in [3.05, 3.63) is 24.6 Å². The predicted molar refractivity (Wildman–Crippen MR) is 88.4 cm³/mol. The molecule has 0 aromatic heterocycles. The first-order valence-corrected chi connectivity index (χ1v) is 10.4. The van der Waals surface area contributed by atoms with Crippen molar-refractivity contribution in [1.29, 1.82) is 0 Å². The van der Waals surface area contributed by atoms with E-state index in [0.717, 1.165) is 0 Å². The highest BCUT2D eigenvalue weighted by atomic mass is 28.4. The molecule has 0 radical (unpaired) electrons. The fourth-order valence-corrected chi connectivity index (χ4v) is 2.84. The second-order valence-electron chi connectivity index (χ2n) is 7.44. The van der Waals surface area contributed by atoms with E-state index in [0.29, 0.717) is 18.3 Å². The van der Waals surface area contributed by atoms with Gasteiger partial charge in [0.15, 0.2) is 0 Å². The van der Waals surface area contributed by atoms with Crippen molar-refractivity contribution in [1.82, 2.24) is 4.90 Å². The van der Waals surface area contributed by atoms with Crippen molar-refractivity contribution in [3.63, 3.8) is 0 Å². The lowest BCUT2D eigenvalue weighted by atomic mass is 10.1. The van der Waals surface area contributed by atoms with E-state index in [1.54, 1.807) is 17.2 Å². The molecule has 0 bridgehead atoms. The van der Waals surface area contributed by atoms with Crippen LogP contribution in [-0.2, 0) is 9.16 Å². The van der Waals surface area contributed by atoms with Crippen LogP contribution in [0.15, 0.2) is 24.6 Å². The zero-order valence-corrected chi connectivity index (χ0v) is 15.4. The first kappa shape index (κ1) is 17.8. The van der Waals surface area contributed by atoms with Gasteiger partial charge in [0.2, 0.25) is 8.32 Å². The summed E-state index contributed by atoms with van der Waals surface area (Å²) in [4.78, 5) is 13.4. The van der Waals surface area contributed by atoms with Gasteiger partial charge in [-0.3, -0.25) is 4.90 Å². The number of carbonyl (C=O) groups excluding carboxylic acids is 1. The molecule has 1 saturated heterocycles. The highest BCUT2D eigenvalue weighted by Gasteiger charge is 2.39. The van der Waals surface area contributed by atoms with E-state index in [1.807, 2.05) is 0 Å².